The van der Waals surface area contributed by atoms with E-state index in [4.69, 9.17) is 4.74 Å². The van der Waals surface area contributed by atoms with Gasteiger partial charge in [-0.3, -0.25) is 33.6 Å². The highest BCUT2D eigenvalue weighted by Crippen LogP contribution is 2.21. The maximum absolute atomic E-state index is 14.4. The molecule has 9 N–H and O–H groups in total. The molecular weight excluding hydrogens is 953 g/mol. The standard InChI is InChI=1S/C54H72N8O12/c1-29(2)24-42-51(68)57-39(21-20-30(3)25-31(4)44(74-10)26-36-16-12-11-13-17-36)32(5)47(64)58-41(53(70)71)22-23-45(63)62(9)35(8)50(67)56-34(7)49(66)60-43(27-37-28-55-40-19-15-14-18-38(37)40)52(69)61-46(54(72)73)33(6)48(65)59-42/h11-21,25,28-29,31-34,39,41-44,46,55H,8,22-24,26-27H2,1-7,9-10H3,(H,56,67)(H,57,68)(H,58,64)(H,59,65)(H,60,66)(H,61,69)(H,70,71)(H,72,73)/t31-,32-,33-,34+,39-,41+,42-,43+,44-,46+/m0/s1. The summed E-state index contributed by atoms with van der Waals surface area (Å²) in [5.74, 6) is -12.1. The van der Waals surface area contributed by atoms with E-state index in [0.29, 0.717) is 22.9 Å². The summed E-state index contributed by atoms with van der Waals surface area (Å²) in [6.07, 6.45) is 6.26. The minimum atomic E-state index is -1.89. The smallest absolute Gasteiger partial charge is 0.327 e. The number of hydrogen-bond donors (Lipinski definition) is 9. The number of ether oxygens (including phenoxy) is 1. The number of H-pyrrole nitrogens is 1. The van der Waals surface area contributed by atoms with E-state index in [2.05, 4.69) is 43.5 Å². The van der Waals surface area contributed by atoms with Crippen LogP contribution in [0.3, 0.4) is 0 Å². The van der Waals surface area contributed by atoms with Crippen LogP contribution in [-0.4, -0.2) is 130 Å². The lowest BCUT2D eigenvalue weighted by atomic mass is 9.94. The van der Waals surface area contributed by atoms with Crippen molar-refractivity contribution < 1.29 is 58.1 Å². The predicted octanol–water partition coefficient (Wildman–Crippen LogP) is 3.29. The number of carbonyl (C=O) groups is 9. The summed E-state index contributed by atoms with van der Waals surface area (Å²) < 4.78 is 5.83. The third-order valence-corrected chi connectivity index (χ3v) is 13.1. The molecule has 0 aliphatic carbocycles. The highest BCUT2D eigenvalue weighted by Gasteiger charge is 2.38. The van der Waals surface area contributed by atoms with Crippen molar-refractivity contribution in [3.8, 4) is 0 Å². The van der Waals surface area contributed by atoms with Crippen LogP contribution >= 0.6 is 0 Å². The van der Waals surface area contributed by atoms with E-state index < -0.39 is 120 Å². The number of allylic oxidation sites excluding steroid dienone is 2. The molecule has 7 amide bonds. The Morgan fingerprint density at radius 2 is 1.41 bits per heavy atom. The van der Waals surface area contributed by atoms with Gasteiger partial charge >= 0.3 is 11.9 Å². The SMILES string of the molecule is C=C1C(=O)N[C@H](C)C(=O)N[C@H](Cc2c[nH]c3ccccc23)C(=O)N[C@@H](C(=O)O)[C@H](C)C(=O)N[C@@H](CC(C)C)C(=O)N[C@@H](C=CC(C)=C[C@H](C)[C@H](Cc2ccccc2)OC)[C@H](C)C(=O)N[C@@H](C(=O)O)CCC(=O)N1C. The topological polar surface area (TPSA) is 295 Å². The Morgan fingerprint density at radius 1 is 0.784 bits per heavy atom. The molecule has 400 valence electrons. The molecule has 20 heteroatoms. The zero-order valence-electron chi connectivity index (χ0n) is 43.5. The summed E-state index contributed by atoms with van der Waals surface area (Å²) in [5.41, 5.74) is 2.68. The minimum Gasteiger partial charge on any atom is -0.480 e. The van der Waals surface area contributed by atoms with Gasteiger partial charge < -0.3 is 56.7 Å². The Kier molecular flexibility index (Phi) is 21.9. The van der Waals surface area contributed by atoms with E-state index in [0.717, 1.165) is 16.0 Å². The van der Waals surface area contributed by atoms with E-state index in [1.807, 2.05) is 50.3 Å². The molecule has 1 aromatic heterocycles. The number of aromatic amines is 1. The number of methoxy groups -OCH3 is 1. The molecule has 1 aliphatic heterocycles. The second-order valence-electron chi connectivity index (χ2n) is 19.4. The van der Waals surface area contributed by atoms with E-state index in [9.17, 15) is 53.4 Å². The molecule has 1 aliphatic rings. The average molecular weight is 1030 g/mol. The molecular formula is C54H72N8O12. The van der Waals surface area contributed by atoms with E-state index in [1.165, 1.54) is 27.8 Å². The lowest BCUT2D eigenvalue weighted by molar-refractivity contribution is -0.146. The molecule has 0 unspecified atom stereocenters. The Bertz CT molecular complexity index is 2590. The molecule has 0 saturated carbocycles. The average Bonchev–Trinajstić information content (AvgIpc) is 3.77. The first-order chi connectivity index (χ1) is 34.9. The Labute approximate surface area is 431 Å². The molecule has 1 saturated heterocycles. The van der Waals surface area contributed by atoms with Crippen LogP contribution < -0.4 is 31.9 Å². The van der Waals surface area contributed by atoms with Crippen molar-refractivity contribution in [2.24, 2.45) is 23.7 Å². The Morgan fingerprint density at radius 3 is 2.04 bits per heavy atom. The van der Waals surface area contributed by atoms with E-state index in [1.54, 1.807) is 63.6 Å². The number of aliphatic carboxylic acids is 2. The van der Waals surface area contributed by atoms with E-state index >= 15 is 0 Å². The van der Waals surface area contributed by atoms with Gasteiger partial charge in [0.15, 0.2) is 0 Å². The van der Waals surface area contributed by atoms with Crippen molar-refractivity contribution in [3.63, 3.8) is 0 Å². The number of aromatic nitrogens is 1. The number of nitrogens with zero attached hydrogens (tertiary/aromatic N) is 1. The molecule has 2 heterocycles. The maximum atomic E-state index is 14.4. The molecule has 3 aromatic rings. The van der Waals surface area contributed by atoms with Gasteiger partial charge in [0.2, 0.25) is 35.4 Å². The summed E-state index contributed by atoms with van der Waals surface area (Å²) in [6.45, 7) is 15.1. The van der Waals surface area contributed by atoms with Gasteiger partial charge in [0.25, 0.3) is 5.91 Å². The van der Waals surface area contributed by atoms with Crippen molar-refractivity contribution in [3.05, 3.63) is 108 Å². The van der Waals surface area contributed by atoms with Gasteiger partial charge in [0, 0.05) is 50.0 Å². The molecule has 4 rings (SSSR count). The minimum absolute atomic E-state index is 0.0467. The number of hydrogen-bond acceptors (Lipinski definition) is 10. The van der Waals surface area contributed by atoms with Crippen LogP contribution in [0, 0.1) is 23.7 Å². The number of nitrogens with one attached hydrogen (secondary N) is 7. The number of amides is 7. The van der Waals surface area contributed by atoms with Gasteiger partial charge in [-0.25, -0.2) is 9.59 Å². The summed E-state index contributed by atoms with van der Waals surface area (Å²) in [4.78, 5) is 127. The number of fused-ring (bicyclic) bond motifs is 1. The fourth-order valence-corrected chi connectivity index (χ4v) is 8.41. The lowest BCUT2D eigenvalue weighted by Crippen LogP contribution is -2.59. The zero-order chi connectivity index (χ0) is 55.0. The monoisotopic (exact) mass is 1020 g/mol. The predicted molar refractivity (Wildman–Crippen MR) is 276 cm³/mol. The highest BCUT2D eigenvalue weighted by molar-refractivity contribution is 6.00. The first-order valence-corrected chi connectivity index (χ1v) is 24.6. The van der Waals surface area contributed by atoms with Crippen LogP contribution in [0.4, 0.5) is 0 Å². The largest absolute Gasteiger partial charge is 0.480 e. The molecule has 0 spiro atoms. The Balaban J connectivity index is 1.75. The third-order valence-electron chi connectivity index (χ3n) is 13.1. The Hall–Kier alpha value is -7.61. The molecule has 74 heavy (non-hydrogen) atoms. The first kappa shape index (κ1) is 59.0. The van der Waals surface area contributed by atoms with Crippen LogP contribution in [-0.2, 0) is 60.7 Å². The van der Waals surface area contributed by atoms with Gasteiger partial charge in [-0.1, -0.05) is 114 Å². The fourth-order valence-electron chi connectivity index (χ4n) is 8.41. The van der Waals surface area contributed by atoms with Crippen molar-refractivity contribution in [1.82, 2.24) is 41.8 Å². The number of para-hydroxylation sites is 1. The molecule has 0 radical (unpaired) electrons. The maximum Gasteiger partial charge on any atom is 0.327 e. The number of benzene rings is 2. The lowest BCUT2D eigenvalue weighted by Gasteiger charge is -2.29. The second kappa shape index (κ2) is 27.4. The van der Waals surface area contributed by atoms with Crippen molar-refractivity contribution in [1.29, 1.82) is 0 Å². The quantitative estimate of drug-likeness (QED) is 0.0881. The summed E-state index contributed by atoms with van der Waals surface area (Å²) >= 11 is 0. The third kappa shape index (κ3) is 16.7. The normalized spacial score (nSPS) is 24.9. The van der Waals surface area contributed by atoms with Crippen molar-refractivity contribution >= 4 is 64.2 Å². The number of carboxylic acid groups (broad SMARTS) is 2. The second-order valence-corrected chi connectivity index (χ2v) is 19.4. The van der Waals surface area contributed by atoms with Crippen LogP contribution in [0.25, 0.3) is 10.9 Å². The number of carboxylic acids is 2. The van der Waals surface area contributed by atoms with Crippen LogP contribution in [0.2, 0.25) is 0 Å². The zero-order valence-corrected chi connectivity index (χ0v) is 43.5. The summed E-state index contributed by atoms with van der Waals surface area (Å²) in [7, 11) is 2.85. The number of rotatable bonds is 13. The molecule has 0 bridgehead atoms. The molecule has 1 fully saturated rings. The van der Waals surface area contributed by atoms with Crippen molar-refractivity contribution in [2.75, 3.05) is 14.2 Å². The molecule has 20 nitrogen and oxygen atoms in total. The van der Waals surface area contributed by atoms with Crippen molar-refractivity contribution in [2.45, 2.75) is 123 Å². The van der Waals surface area contributed by atoms with Crippen LogP contribution in [0.1, 0.15) is 78.9 Å². The van der Waals surface area contributed by atoms with Crippen LogP contribution in [0.15, 0.2) is 96.9 Å². The summed E-state index contributed by atoms with van der Waals surface area (Å²) in [5, 5.41) is 36.7. The van der Waals surface area contributed by atoms with Gasteiger partial charge in [-0.15, -0.1) is 0 Å². The number of likely N-dealkylation sites (N-methyl/N-ethyl adjacent to an activating group) is 1. The molecule has 2 aromatic carbocycles. The van der Waals surface area contributed by atoms with Gasteiger partial charge in [0.1, 0.15) is 35.9 Å². The molecule has 10 atom stereocenters. The summed E-state index contributed by atoms with van der Waals surface area (Å²) in [6, 6.07) is 8.20. The van der Waals surface area contributed by atoms with E-state index in [-0.39, 0.29) is 30.8 Å². The van der Waals surface area contributed by atoms with Gasteiger partial charge in [0.05, 0.1) is 24.0 Å². The first-order valence-electron chi connectivity index (χ1n) is 24.6. The van der Waals surface area contributed by atoms with Gasteiger partial charge in [-0.05, 0) is 56.2 Å². The van der Waals surface area contributed by atoms with Gasteiger partial charge in [-0.2, -0.15) is 0 Å². The fraction of sp³-hybridized carbons (Fsp3) is 0.463. The van der Waals surface area contributed by atoms with Crippen LogP contribution in [0.5, 0.6) is 0 Å². The number of carbonyl (C=O) groups excluding carboxylic acids is 7. The highest BCUT2D eigenvalue weighted by atomic mass is 16.5.